The van der Waals surface area contributed by atoms with Crippen molar-refractivity contribution in [3.05, 3.63) is 83.4 Å². The lowest BCUT2D eigenvalue weighted by Crippen LogP contribution is -2.10. The van der Waals surface area contributed by atoms with E-state index in [0.717, 1.165) is 28.0 Å². The van der Waals surface area contributed by atoms with Crippen molar-refractivity contribution in [2.24, 2.45) is 0 Å². The molecule has 1 heterocycles. The summed E-state index contributed by atoms with van der Waals surface area (Å²) in [6.07, 6.45) is 1.85. The fourth-order valence-electron chi connectivity index (χ4n) is 3.54. The van der Waals surface area contributed by atoms with Crippen LogP contribution in [0.5, 0.6) is 17.2 Å². The smallest absolute Gasteiger partial charge is 0.175 e. The van der Waals surface area contributed by atoms with E-state index in [0.29, 0.717) is 23.7 Å². The number of ether oxygens (including phenoxy) is 3. The van der Waals surface area contributed by atoms with Crippen LogP contribution in [-0.4, -0.2) is 28.9 Å². The number of methoxy groups -OCH3 is 2. The molecule has 0 atom stereocenters. The summed E-state index contributed by atoms with van der Waals surface area (Å²) in [7, 11) is -0.0382. The molecule has 0 radical (unpaired) electrons. The molecule has 154 valence electrons. The van der Waals surface area contributed by atoms with E-state index in [-0.39, 0.29) is 4.90 Å². The van der Waals surface area contributed by atoms with Gasteiger partial charge in [0, 0.05) is 35.4 Å². The molecule has 3 aromatic rings. The van der Waals surface area contributed by atoms with Crippen molar-refractivity contribution in [1.29, 1.82) is 0 Å². The van der Waals surface area contributed by atoms with Gasteiger partial charge in [0.1, 0.15) is 23.0 Å². The Kier molecular flexibility index (Phi) is 5.26. The molecule has 30 heavy (non-hydrogen) atoms. The van der Waals surface area contributed by atoms with E-state index in [4.69, 9.17) is 14.2 Å². The first-order valence-electron chi connectivity index (χ1n) is 9.42. The van der Waals surface area contributed by atoms with Crippen molar-refractivity contribution < 1.29 is 22.6 Å². The maximum atomic E-state index is 11.8. The Labute approximate surface area is 176 Å². The zero-order valence-electron chi connectivity index (χ0n) is 17.0. The van der Waals surface area contributed by atoms with Gasteiger partial charge < -0.3 is 14.2 Å². The maximum Gasteiger partial charge on any atom is 0.175 e. The molecule has 1 aliphatic heterocycles. The van der Waals surface area contributed by atoms with Crippen LogP contribution in [0.25, 0.3) is 11.3 Å². The average molecular weight is 423 g/mol. The molecule has 1 aliphatic rings. The number of benzene rings is 3. The highest BCUT2D eigenvalue weighted by Crippen LogP contribution is 2.42. The van der Waals surface area contributed by atoms with Gasteiger partial charge in [0.25, 0.3) is 0 Å². The van der Waals surface area contributed by atoms with Crippen LogP contribution in [0.1, 0.15) is 16.7 Å². The second-order valence-corrected chi connectivity index (χ2v) is 9.07. The van der Waals surface area contributed by atoms with E-state index >= 15 is 0 Å². The fourth-order valence-corrected chi connectivity index (χ4v) is 4.17. The minimum atomic E-state index is -3.27. The summed E-state index contributed by atoms with van der Waals surface area (Å²) in [5, 5.41) is 0. The Morgan fingerprint density at radius 3 is 2.30 bits per heavy atom. The van der Waals surface area contributed by atoms with E-state index in [9.17, 15) is 8.42 Å². The van der Waals surface area contributed by atoms with Crippen LogP contribution in [0.15, 0.2) is 71.6 Å². The van der Waals surface area contributed by atoms with Gasteiger partial charge in [0.15, 0.2) is 9.84 Å². The standard InChI is InChI=1S/C24H22O5S/c1-27-18-10-13-20(23(15-18)28-2)21-14-17-6-4-5-7-22(17)29-24(21)16-8-11-19(12-9-16)30(3,25)26/h4-13,15H,14H2,1-3H3. The Morgan fingerprint density at radius 1 is 0.900 bits per heavy atom. The third-order valence-corrected chi connectivity index (χ3v) is 6.23. The minimum absolute atomic E-state index is 0.270. The van der Waals surface area contributed by atoms with Crippen LogP contribution in [-0.2, 0) is 16.3 Å². The first-order chi connectivity index (χ1) is 14.4. The first-order valence-corrected chi connectivity index (χ1v) is 11.3. The highest BCUT2D eigenvalue weighted by atomic mass is 32.2. The monoisotopic (exact) mass is 422 g/mol. The van der Waals surface area contributed by atoms with Gasteiger partial charge >= 0.3 is 0 Å². The number of fused-ring (bicyclic) bond motifs is 1. The van der Waals surface area contributed by atoms with E-state index in [1.54, 1.807) is 38.5 Å². The number of hydrogen-bond donors (Lipinski definition) is 0. The normalized spacial score (nSPS) is 13.4. The summed E-state index contributed by atoms with van der Waals surface area (Å²) in [6.45, 7) is 0. The predicted octanol–water partition coefficient (Wildman–Crippen LogP) is 4.61. The fraction of sp³-hybridized carbons (Fsp3) is 0.167. The first kappa shape index (κ1) is 20.0. The molecule has 0 amide bonds. The summed E-state index contributed by atoms with van der Waals surface area (Å²) in [5.74, 6) is 2.85. The Balaban J connectivity index is 1.89. The molecule has 0 N–H and O–H groups in total. The molecule has 0 spiro atoms. The molecule has 5 nitrogen and oxygen atoms in total. The molecule has 0 fully saturated rings. The summed E-state index contributed by atoms with van der Waals surface area (Å²) >= 11 is 0. The molecule has 6 heteroatoms. The lowest BCUT2D eigenvalue weighted by atomic mass is 9.91. The summed E-state index contributed by atoms with van der Waals surface area (Å²) < 4.78 is 40.9. The average Bonchev–Trinajstić information content (AvgIpc) is 2.77. The van der Waals surface area contributed by atoms with Crippen molar-refractivity contribution in [3.8, 4) is 17.2 Å². The number of sulfone groups is 1. The zero-order chi connectivity index (χ0) is 21.3. The van der Waals surface area contributed by atoms with Gasteiger partial charge in [-0.05, 0) is 48.0 Å². The van der Waals surface area contributed by atoms with Crippen molar-refractivity contribution in [2.75, 3.05) is 20.5 Å². The second-order valence-electron chi connectivity index (χ2n) is 7.06. The van der Waals surface area contributed by atoms with Gasteiger partial charge in [0.05, 0.1) is 19.1 Å². The van der Waals surface area contributed by atoms with Crippen LogP contribution in [0.2, 0.25) is 0 Å². The third-order valence-electron chi connectivity index (χ3n) is 5.10. The molecule has 0 saturated carbocycles. The molecular weight excluding hydrogens is 400 g/mol. The SMILES string of the molecule is COc1ccc(C2=C(c3ccc(S(C)(=O)=O)cc3)Oc3ccccc3C2)c(OC)c1. The van der Waals surface area contributed by atoms with Crippen molar-refractivity contribution >= 4 is 21.2 Å². The van der Waals surface area contributed by atoms with Gasteiger partial charge in [-0.25, -0.2) is 8.42 Å². The maximum absolute atomic E-state index is 11.8. The molecule has 0 bridgehead atoms. The highest BCUT2D eigenvalue weighted by molar-refractivity contribution is 7.90. The number of para-hydroxylation sites is 1. The van der Waals surface area contributed by atoms with Gasteiger partial charge in [-0.1, -0.05) is 18.2 Å². The van der Waals surface area contributed by atoms with Crippen LogP contribution in [0.4, 0.5) is 0 Å². The molecule has 3 aromatic carbocycles. The lowest BCUT2D eigenvalue weighted by Gasteiger charge is -2.25. The topological polar surface area (TPSA) is 61.8 Å². The highest BCUT2D eigenvalue weighted by Gasteiger charge is 2.24. The number of rotatable bonds is 5. The summed E-state index contributed by atoms with van der Waals surface area (Å²) in [5.41, 5.74) is 3.72. The second kappa shape index (κ2) is 7.88. The molecule has 0 aliphatic carbocycles. The Hall–Kier alpha value is -3.25. The van der Waals surface area contributed by atoms with E-state index in [1.807, 2.05) is 42.5 Å². The zero-order valence-corrected chi connectivity index (χ0v) is 17.8. The van der Waals surface area contributed by atoms with Crippen molar-refractivity contribution in [3.63, 3.8) is 0 Å². The van der Waals surface area contributed by atoms with Gasteiger partial charge in [-0.3, -0.25) is 0 Å². The minimum Gasteiger partial charge on any atom is -0.497 e. The largest absolute Gasteiger partial charge is 0.497 e. The van der Waals surface area contributed by atoms with Crippen molar-refractivity contribution in [2.45, 2.75) is 11.3 Å². The van der Waals surface area contributed by atoms with E-state index < -0.39 is 9.84 Å². The van der Waals surface area contributed by atoms with Gasteiger partial charge in [0.2, 0.25) is 0 Å². The van der Waals surface area contributed by atoms with Crippen LogP contribution >= 0.6 is 0 Å². The van der Waals surface area contributed by atoms with Gasteiger partial charge in [-0.15, -0.1) is 0 Å². The quantitative estimate of drug-likeness (QED) is 0.601. The van der Waals surface area contributed by atoms with Gasteiger partial charge in [-0.2, -0.15) is 0 Å². The lowest BCUT2D eigenvalue weighted by molar-refractivity contribution is 0.393. The van der Waals surface area contributed by atoms with Crippen LogP contribution < -0.4 is 14.2 Å². The van der Waals surface area contributed by atoms with E-state index in [2.05, 4.69) is 0 Å². The number of hydrogen-bond acceptors (Lipinski definition) is 5. The predicted molar refractivity (Wildman–Crippen MR) is 117 cm³/mol. The Bertz CT molecular complexity index is 1220. The molecule has 0 aromatic heterocycles. The Morgan fingerprint density at radius 2 is 1.63 bits per heavy atom. The van der Waals surface area contributed by atoms with Crippen molar-refractivity contribution in [1.82, 2.24) is 0 Å². The molecular formula is C24H22O5S. The summed E-state index contributed by atoms with van der Waals surface area (Å²) in [6, 6.07) is 20.3. The molecule has 0 unspecified atom stereocenters. The molecule has 0 saturated heterocycles. The van der Waals surface area contributed by atoms with Crippen LogP contribution in [0, 0.1) is 0 Å². The van der Waals surface area contributed by atoms with Crippen LogP contribution in [0.3, 0.4) is 0 Å². The number of allylic oxidation sites excluding steroid dienone is 1. The summed E-state index contributed by atoms with van der Waals surface area (Å²) in [4.78, 5) is 0.270. The molecule has 4 rings (SSSR count). The van der Waals surface area contributed by atoms with E-state index in [1.165, 1.54) is 6.26 Å². The third kappa shape index (κ3) is 3.78.